The normalized spacial score (nSPS) is 13.7. The van der Waals surface area contributed by atoms with Gasteiger partial charge in [0.1, 0.15) is 5.75 Å². The number of nitrogens with zero attached hydrogens (tertiary/aromatic N) is 2. The number of aromatic nitrogens is 1. The molecule has 0 bridgehead atoms. The molecule has 0 unspecified atom stereocenters. The van der Waals surface area contributed by atoms with E-state index in [2.05, 4.69) is 39.4 Å². The third kappa shape index (κ3) is 3.67. The maximum Gasteiger partial charge on any atom is 0.241 e. The molecule has 5 heteroatoms. The average Bonchev–Trinajstić information content (AvgIpc) is 3.13. The molecular weight excluding hydrogens is 386 g/mol. The first kappa shape index (κ1) is 19.4. The molecule has 1 aliphatic carbocycles. The Morgan fingerprint density at radius 1 is 1.00 bits per heavy atom. The standard InChI is InChI=1S/C26H25N3O2/c30-25-14-13-18-7-1-2-8-19(18)22(25)17-27-28-26(31)15-16-29-23-11-5-3-9-20(23)21-10-4-6-12-24(21)29/h1-3,5,7-9,11,13-14,17,30H,4,6,10,12,15-16H2,(H,28,31)/b27-17+. The van der Waals surface area contributed by atoms with Crippen molar-refractivity contribution in [2.45, 2.75) is 38.6 Å². The number of nitrogens with one attached hydrogen (secondary N) is 1. The van der Waals surface area contributed by atoms with Crippen molar-refractivity contribution in [1.29, 1.82) is 0 Å². The molecule has 1 heterocycles. The summed E-state index contributed by atoms with van der Waals surface area (Å²) in [5.41, 5.74) is 7.26. The van der Waals surface area contributed by atoms with Gasteiger partial charge in [0.25, 0.3) is 0 Å². The number of aryl methyl sites for hydroxylation is 2. The SMILES string of the molecule is O=C(CCn1c2c(c3ccccc31)CCCC2)N/N=C/c1c(O)ccc2ccccc12. The number of benzene rings is 3. The summed E-state index contributed by atoms with van der Waals surface area (Å²) < 4.78 is 2.31. The smallest absolute Gasteiger partial charge is 0.241 e. The van der Waals surface area contributed by atoms with E-state index in [1.165, 1.54) is 41.2 Å². The van der Waals surface area contributed by atoms with Crippen molar-refractivity contribution >= 4 is 33.8 Å². The molecule has 5 nitrogen and oxygen atoms in total. The lowest BCUT2D eigenvalue weighted by Gasteiger charge is -2.15. The van der Waals surface area contributed by atoms with Crippen LogP contribution in [0.15, 0.2) is 65.8 Å². The van der Waals surface area contributed by atoms with Crippen LogP contribution in [0.5, 0.6) is 5.75 Å². The zero-order chi connectivity index (χ0) is 21.2. The molecule has 0 fully saturated rings. The highest BCUT2D eigenvalue weighted by atomic mass is 16.3. The van der Waals surface area contributed by atoms with Crippen LogP contribution in [0.25, 0.3) is 21.7 Å². The van der Waals surface area contributed by atoms with E-state index in [1.54, 1.807) is 6.07 Å². The topological polar surface area (TPSA) is 66.6 Å². The van der Waals surface area contributed by atoms with Gasteiger partial charge in [0.2, 0.25) is 5.91 Å². The van der Waals surface area contributed by atoms with Gasteiger partial charge in [-0.15, -0.1) is 0 Å². The van der Waals surface area contributed by atoms with Crippen molar-refractivity contribution in [1.82, 2.24) is 9.99 Å². The van der Waals surface area contributed by atoms with E-state index in [9.17, 15) is 9.90 Å². The van der Waals surface area contributed by atoms with Gasteiger partial charge in [-0.25, -0.2) is 5.43 Å². The van der Waals surface area contributed by atoms with E-state index >= 15 is 0 Å². The highest BCUT2D eigenvalue weighted by molar-refractivity contribution is 6.02. The van der Waals surface area contributed by atoms with Crippen molar-refractivity contribution in [3.63, 3.8) is 0 Å². The van der Waals surface area contributed by atoms with Gasteiger partial charge in [0, 0.05) is 35.1 Å². The molecule has 0 saturated carbocycles. The minimum Gasteiger partial charge on any atom is -0.507 e. The molecule has 0 spiro atoms. The second-order valence-corrected chi connectivity index (χ2v) is 8.06. The van der Waals surface area contributed by atoms with E-state index in [4.69, 9.17) is 0 Å². The third-order valence-electron chi connectivity index (χ3n) is 6.18. The summed E-state index contributed by atoms with van der Waals surface area (Å²) in [5, 5.41) is 17.5. The van der Waals surface area contributed by atoms with Gasteiger partial charge in [-0.1, -0.05) is 48.5 Å². The molecule has 1 amide bonds. The van der Waals surface area contributed by atoms with Crippen LogP contribution in [0.4, 0.5) is 0 Å². The highest BCUT2D eigenvalue weighted by Crippen LogP contribution is 2.32. The van der Waals surface area contributed by atoms with Crippen LogP contribution in [0.2, 0.25) is 0 Å². The maximum absolute atomic E-state index is 12.5. The summed E-state index contributed by atoms with van der Waals surface area (Å²) >= 11 is 0. The first-order valence-electron chi connectivity index (χ1n) is 10.8. The summed E-state index contributed by atoms with van der Waals surface area (Å²) in [7, 11) is 0. The van der Waals surface area contributed by atoms with Crippen molar-refractivity contribution in [3.05, 3.63) is 77.5 Å². The van der Waals surface area contributed by atoms with Crippen LogP contribution in [0.1, 0.15) is 36.1 Å². The van der Waals surface area contributed by atoms with E-state index in [-0.39, 0.29) is 11.7 Å². The number of fused-ring (bicyclic) bond motifs is 4. The van der Waals surface area contributed by atoms with Gasteiger partial charge in [-0.3, -0.25) is 4.79 Å². The van der Waals surface area contributed by atoms with Crippen LogP contribution in [0, 0.1) is 0 Å². The molecule has 0 aliphatic heterocycles. The molecular formula is C26H25N3O2. The summed E-state index contributed by atoms with van der Waals surface area (Å²) in [6.45, 7) is 0.636. The number of rotatable bonds is 5. The van der Waals surface area contributed by atoms with E-state index in [0.717, 1.165) is 23.6 Å². The number of carbonyl (C=O) groups excluding carboxylic acids is 1. The number of carbonyl (C=O) groups is 1. The lowest BCUT2D eigenvalue weighted by molar-refractivity contribution is -0.121. The first-order chi connectivity index (χ1) is 15.2. The van der Waals surface area contributed by atoms with Gasteiger partial charge in [0.15, 0.2) is 0 Å². The third-order valence-corrected chi connectivity index (χ3v) is 6.18. The zero-order valence-corrected chi connectivity index (χ0v) is 17.3. The Balaban J connectivity index is 1.30. The van der Waals surface area contributed by atoms with Gasteiger partial charge in [0.05, 0.1) is 6.21 Å². The van der Waals surface area contributed by atoms with E-state index in [1.807, 2.05) is 30.3 Å². The molecule has 0 saturated heterocycles. The Morgan fingerprint density at radius 3 is 2.68 bits per heavy atom. The Hall–Kier alpha value is -3.60. The molecule has 156 valence electrons. The largest absolute Gasteiger partial charge is 0.507 e. The first-order valence-corrected chi connectivity index (χ1v) is 10.8. The van der Waals surface area contributed by atoms with Crippen molar-refractivity contribution in [2.75, 3.05) is 0 Å². The number of aromatic hydroxyl groups is 1. The maximum atomic E-state index is 12.5. The second-order valence-electron chi connectivity index (χ2n) is 8.06. The lowest BCUT2D eigenvalue weighted by atomic mass is 9.95. The molecule has 3 aromatic carbocycles. The van der Waals surface area contributed by atoms with E-state index < -0.39 is 0 Å². The Kier molecular flexibility index (Phi) is 5.16. The molecule has 5 rings (SSSR count). The number of hydrazone groups is 1. The second kappa shape index (κ2) is 8.26. The number of para-hydroxylation sites is 1. The minimum atomic E-state index is -0.140. The van der Waals surface area contributed by atoms with Crippen LogP contribution in [-0.2, 0) is 24.2 Å². The van der Waals surface area contributed by atoms with Gasteiger partial charge < -0.3 is 9.67 Å². The zero-order valence-electron chi connectivity index (χ0n) is 17.3. The predicted octanol–water partition coefficient (Wildman–Crippen LogP) is 4.92. The van der Waals surface area contributed by atoms with Crippen LogP contribution < -0.4 is 5.43 Å². The number of phenolic OH excluding ortho intramolecular Hbond substituents is 1. The molecule has 31 heavy (non-hydrogen) atoms. The molecule has 1 aliphatic rings. The fourth-order valence-electron chi connectivity index (χ4n) is 4.70. The molecule has 0 radical (unpaired) electrons. The molecule has 2 N–H and O–H groups in total. The highest BCUT2D eigenvalue weighted by Gasteiger charge is 2.19. The Morgan fingerprint density at radius 2 is 1.77 bits per heavy atom. The molecule has 0 atom stereocenters. The molecule has 4 aromatic rings. The average molecular weight is 412 g/mol. The van der Waals surface area contributed by atoms with Gasteiger partial charge in [-0.05, 0) is 54.2 Å². The number of amides is 1. The number of phenols is 1. The van der Waals surface area contributed by atoms with Crippen molar-refractivity contribution in [2.24, 2.45) is 5.10 Å². The van der Waals surface area contributed by atoms with Gasteiger partial charge >= 0.3 is 0 Å². The monoisotopic (exact) mass is 411 g/mol. The summed E-state index contributed by atoms with van der Waals surface area (Å²) in [5.74, 6) is 0.000421. The Labute approximate surface area is 181 Å². The fraction of sp³-hybridized carbons (Fsp3) is 0.231. The van der Waals surface area contributed by atoms with Gasteiger partial charge in [-0.2, -0.15) is 5.10 Å². The summed E-state index contributed by atoms with van der Waals surface area (Å²) in [6.07, 6.45) is 6.50. The van der Waals surface area contributed by atoms with Crippen molar-refractivity contribution < 1.29 is 9.90 Å². The fourth-order valence-corrected chi connectivity index (χ4v) is 4.70. The number of hydrogen-bond acceptors (Lipinski definition) is 3. The van der Waals surface area contributed by atoms with Crippen LogP contribution >= 0.6 is 0 Å². The van der Waals surface area contributed by atoms with Crippen molar-refractivity contribution in [3.8, 4) is 5.75 Å². The quantitative estimate of drug-likeness (QED) is 0.362. The van der Waals surface area contributed by atoms with Crippen LogP contribution in [-0.4, -0.2) is 21.8 Å². The Bertz CT molecular complexity index is 1300. The van der Waals surface area contributed by atoms with Crippen LogP contribution in [0.3, 0.4) is 0 Å². The summed E-state index contributed by atoms with van der Waals surface area (Å²) in [6, 6.07) is 19.8. The minimum absolute atomic E-state index is 0.140. The predicted molar refractivity (Wildman–Crippen MR) is 125 cm³/mol. The lowest BCUT2D eigenvalue weighted by Crippen LogP contribution is -2.20. The van der Waals surface area contributed by atoms with E-state index in [0.29, 0.717) is 18.5 Å². The number of hydrogen-bond donors (Lipinski definition) is 2. The summed E-state index contributed by atoms with van der Waals surface area (Å²) in [4.78, 5) is 12.5. The molecule has 1 aromatic heterocycles.